The SMILES string of the molecule is COC(=O)C(=C[C@@H]1[C@@H](c2ccccc2)N1N1C(=O)c2ccccc2C1=O)C(=O)OC. The molecule has 2 aliphatic heterocycles. The third-order valence-corrected chi connectivity index (χ3v) is 5.12. The first-order chi connectivity index (χ1) is 14.5. The van der Waals surface area contributed by atoms with Crippen LogP contribution in [0.4, 0.5) is 0 Å². The first-order valence-electron chi connectivity index (χ1n) is 9.19. The third-order valence-electron chi connectivity index (χ3n) is 5.12. The van der Waals surface area contributed by atoms with E-state index in [4.69, 9.17) is 0 Å². The number of carbonyl (C=O) groups is 4. The van der Waals surface area contributed by atoms with E-state index in [0.29, 0.717) is 11.1 Å². The summed E-state index contributed by atoms with van der Waals surface area (Å²) in [4.78, 5) is 50.1. The molecule has 152 valence electrons. The Morgan fingerprint density at radius 2 is 1.33 bits per heavy atom. The number of hydrogen-bond donors (Lipinski definition) is 0. The monoisotopic (exact) mass is 406 g/mol. The number of carbonyl (C=O) groups excluding carboxylic acids is 4. The number of methoxy groups -OCH3 is 2. The number of imide groups is 1. The Hall–Kier alpha value is -3.78. The molecule has 0 bridgehead atoms. The van der Waals surface area contributed by atoms with Gasteiger partial charge in [-0.2, -0.15) is 5.01 Å². The van der Waals surface area contributed by atoms with E-state index in [-0.39, 0.29) is 5.57 Å². The summed E-state index contributed by atoms with van der Waals surface area (Å²) >= 11 is 0. The van der Waals surface area contributed by atoms with E-state index in [1.807, 2.05) is 30.3 Å². The van der Waals surface area contributed by atoms with E-state index in [0.717, 1.165) is 24.8 Å². The van der Waals surface area contributed by atoms with E-state index in [1.165, 1.54) is 6.08 Å². The summed E-state index contributed by atoms with van der Waals surface area (Å²) in [5, 5.41) is 2.61. The number of amides is 2. The highest BCUT2D eigenvalue weighted by Gasteiger charge is 2.57. The van der Waals surface area contributed by atoms with Gasteiger partial charge in [0.15, 0.2) is 0 Å². The zero-order chi connectivity index (χ0) is 21.4. The van der Waals surface area contributed by atoms with Crippen LogP contribution < -0.4 is 0 Å². The number of benzene rings is 2. The molecule has 2 aromatic carbocycles. The number of hydrazine groups is 1. The van der Waals surface area contributed by atoms with Gasteiger partial charge >= 0.3 is 11.9 Å². The van der Waals surface area contributed by atoms with Gasteiger partial charge in [0.1, 0.15) is 5.57 Å². The number of fused-ring (bicyclic) bond motifs is 1. The Kier molecular flexibility index (Phi) is 4.93. The highest BCUT2D eigenvalue weighted by atomic mass is 16.5. The first-order valence-corrected chi connectivity index (χ1v) is 9.19. The molecule has 0 aromatic heterocycles. The molecule has 2 aliphatic rings. The molecular formula is C22H18N2O6. The molecule has 2 heterocycles. The van der Waals surface area contributed by atoms with Gasteiger partial charge in [0.2, 0.25) is 0 Å². The standard InChI is InChI=1S/C22H18N2O6/c1-29-21(27)16(22(28)30-2)12-17-18(13-8-4-3-5-9-13)23(17)24-19(25)14-10-6-7-11-15(14)20(24)26/h3-12,17-18H,1-2H3/t17-,18-,23?/m1/s1. The Balaban J connectivity index is 1.75. The Labute approximate surface area is 172 Å². The van der Waals surface area contributed by atoms with Crippen LogP contribution in [0.1, 0.15) is 32.3 Å². The molecule has 0 saturated carbocycles. The van der Waals surface area contributed by atoms with Crippen molar-refractivity contribution in [3.05, 3.63) is 82.9 Å². The molecule has 1 fully saturated rings. The van der Waals surface area contributed by atoms with E-state index in [9.17, 15) is 19.2 Å². The zero-order valence-corrected chi connectivity index (χ0v) is 16.3. The molecule has 30 heavy (non-hydrogen) atoms. The minimum Gasteiger partial charge on any atom is -0.465 e. The molecule has 0 spiro atoms. The second kappa shape index (κ2) is 7.57. The number of rotatable bonds is 5. The smallest absolute Gasteiger partial charge is 0.345 e. The molecule has 2 amide bonds. The molecular weight excluding hydrogens is 388 g/mol. The van der Waals surface area contributed by atoms with Gasteiger partial charge in [-0.15, -0.1) is 0 Å². The summed E-state index contributed by atoms with van der Waals surface area (Å²) in [7, 11) is 2.31. The molecule has 1 unspecified atom stereocenters. The number of nitrogens with zero attached hydrogens (tertiary/aromatic N) is 2. The van der Waals surface area contributed by atoms with Crippen LogP contribution in [-0.4, -0.2) is 54.0 Å². The van der Waals surface area contributed by atoms with Crippen molar-refractivity contribution in [1.82, 2.24) is 10.0 Å². The maximum absolute atomic E-state index is 12.9. The summed E-state index contributed by atoms with van der Waals surface area (Å²) < 4.78 is 9.37. The molecule has 2 aromatic rings. The third kappa shape index (κ3) is 3.07. The van der Waals surface area contributed by atoms with Crippen LogP contribution in [0.2, 0.25) is 0 Å². The highest BCUT2D eigenvalue weighted by molar-refractivity contribution is 6.21. The van der Waals surface area contributed by atoms with Crippen molar-refractivity contribution in [2.24, 2.45) is 0 Å². The Morgan fingerprint density at radius 1 is 0.833 bits per heavy atom. The number of ether oxygens (including phenoxy) is 2. The van der Waals surface area contributed by atoms with Crippen molar-refractivity contribution in [2.45, 2.75) is 12.1 Å². The van der Waals surface area contributed by atoms with Crippen molar-refractivity contribution in [2.75, 3.05) is 14.2 Å². The van der Waals surface area contributed by atoms with Gasteiger partial charge in [0.05, 0.1) is 37.4 Å². The lowest BCUT2D eigenvalue weighted by Crippen LogP contribution is -2.36. The predicted molar refractivity (Wildman–Crippen MR) is 104 cm³/mol. The number of esters is 2. The molecule has 0 N–H and O–H groups in total. The Bertz CT molecular complexity index is 1030. The van der Waals surface area contributed by atoms with Crippen molar-refractivity contribution < 1.29 is 28.7 Å². The summed E-state index contributed by atoms with van der Waals surface area (Å²) in [6.07, 6.45) is 1.37. The number of hydrogen-bond acceptors (Lipinski definition) is 7. The first kappa shape index (κ1) is 19.5. The van der Waals surface area contributed by atoms with Crippen LogP contribution in [0.15, 0.2) is 66.2 Å². The van der Waals surface area contributed by atoms with Crippen molar-refractivity contribution in [3.8, 4) is 0 Å². The normalized spacial score (nSPS) is 21.7. The summed E-state index contributed by atoms with van der Waals surface area (Å²) in [5.74, 6) is -2.62. The van der Waals surface area contributed by atoms with Crippen LogP contribution in [0.25, 0.3) is 0 Å². The molecule has 3 atom stereocenters. The molecule has 8 heteroatoms. The minimum absolute atomic E-state index is 0.301. The van der Waals surface area contributed by atoms with Crippen molar-refractivity contribution in [1.29, 1.82) is 0 Å². The second-order valence-corrected chi connectivity index (χ2v) is 6.76. The summed E-state index contributed by atoms with van der Waals surface area (Å²) in [5.41, 5.74) is 1.14. The van der Waals surface area contributed by atoms with Crippen LogP contribution in [0.3, 0.4) is 0 Å². The van der Waals surface area contributed by atoms with Crippen LogP contribution in [0, 0.1) is 0 Å². The van der Waals surface area contributed by atoms with E-state index in [2.05, 4.69) is 9.47 Å². The highest BCUT2D eigenvalue weighted by Crippen LogP contribution is 2.48. The summed E-state index contributed by atoms with van der Waals surface area (Å²) in [6, 6.07) is 14.7. The second-order valence-electron chi connectivity index (χ2n) is 6.76. The van der Waals surface area contributed by atoms with Gasteiger partial charge in [-0.3, -0.25) is 9.59 Å². The van der Waals surface area contributed by atoms with E-state index in [1.54, 1.807) is 29.3 Å². The van der Waals surface area contributed by atoms with Gasteiger partial charge in [0.25, 0.3) is 11.8 Å². The Morgan fingerprint density at radius 3 is 1.83 bits per heavy atom. The predicted octanol–water partition coefficient (Wildman–Crippen LogP) is 1.90. The van der Waals surface area contributed by atoms with Gasteiger partial charge in [-0.25, -0.2) is 14.6 Å². The van der Waals surface area contributed by atoms with Crippen LogP contribution in [-0.2, 0) is 19.1 Å². The fraction of sp³-hybridized carbons (Fsp3) is 0.182. The molecule has 1 saturated heterocycles. The van der Waals surface area contributed by atoms with Crippen molar-refractivity contribution in [3.63, 3.8) is 0 Å². The van der Waals surface area contributed by atoms with Gasteiger partial charge in [-0.05, 0) is 23.8 Å². The van der Waals surface area contributed by atoms with Gasteiger partial charge < -0.3 is 9.47 Å². The van der Waals surface area contributed by atoms with Crippen LogP contribution in [0.5, 0.6) is 0 Å². The molecule has 8 nitrogen and oxygen atoms in total. The lowest BCUT2D eigenvalue weighted by atomic mass is 10.1. The maximum atomic E-state index is 12.9. The average molecular weight is 406 g/mol. The van der Waals surface area contributed by atoms with E-state index >= 15 is 0 Å². The maximum Gasteiger partial charge on any atom is 0.345 e. The molecule has 4 rings (SSSR count). The lowest BCUT2D eigenvalue weighted by Gasteiger charge is -2.16. The largest absolute Gasteiger partial charge is 0.465 e. The minimum atomic E-state index is -0.858. The average Bonchev–Trinajstić information content (AvgIpc) is 3.43. The van der Waals surface area contributed by atoms with Crippen LogP contribution >= 0.6 is 0 Å². The van der Waals surface area contributed by atoms with Crippen molar-refractivity contribution >= 4 is 23.8 Å². The quantitative estimate of drug-likeness (QED) is 0.187. The fourth-order valence-electron chi connectivity index (χ4n) is 3.66. The lowest BCUT2D eigenvalue weighted by molar-refractivity contribution is -0.144. The molecule has 0 radical (unpaired) electrons. The van der Waals surface area contributed by atoms with Gasteiger partial charge in [-0.1, -0.05) is 42.5 Å². The summed E-state index contributed by atoms with van der Waals surface area (Å²) in [6.45, 7) is 0. The topological polar surface area (TPSA) is 93.0 Å². The van der Waals surface area contributed by atoms with Gasteiger partial charge in [0, 0.05) is 0 Å². The fourth-order valence-corrected chi connectivity index (χ4v) is 3.66. The molecule has 0 aliphatic carbocycles. The zero-order valence-electron chi connectivity index (χ0n) is 16.3. The van der Waals surface area contributed by atoms with E-state index < -0.39 is 35.8 Å².